The van der Waals surface area contributed by atoms with Crippen LogP contribution in [-0.2, 0) is 19.1 Å². The van der Waals surface area contributed by atoms with Gasteiger partial charge in [0.15, 0.2) is 0 Å². The minimum Gasteiger partial charge on any atom is -0.461 e. The molecule has 0 aromatic rings. The third-order valence-electron chi connectivity index (χ3n) is 7.47. The van der Waals surface area contributed by atoms with Crippen molar-refractivity contribution in [3.8, 4) is 0 Å². The second-order valence-corrected chi connectivity index (χ2v) is 14.7. The summed E-state index contributed by atoms with van der Waals surface area (Å²) in [5, 5.41) is 9.41. The van der Waals surface area contributed by atoms with E-state index in [2.05, 4.69) is 63.7 Å². The fraction of sp³-hybridized carbons (Fsp3) is 0.741. The van der Waals surface area contributed by atoms with Crippen LogP contribution < -0.4 is 0 Å². The fourth-order valence-corrected chi connectivity index (χ4v) is 10.3. The van der Waals surface area contributed by atoms with E-state index in [1.165, 1.54) is 6.08 Å². The zero-order valence-corrected chi connectivity index (χ0v) is 24.6. The number of fused-ring (bicyclic) bond motifs is 1. The normalized spacial score (nSPS) is 31.4. The highest BCUT2D eigenvalue weighted by Crippen LogP contribution is 2.68. The van der Waals surface area contributed by atoms with Crippen molar-refractivity contribution in [3.05, 3.63) is 25.3 Å². The predicted molar refractivity (Wildman–Crippen MR) is 147 cm³/mol. The van der Waals surface area contributed by atoms with E-state index in [0.717, 1.165) is 6.42 Å². The minimum atomic E-state index is -0.739. The topological polar surface area (TPSA) is 87.1 Å². The number of nitrogens with zero attached hydrogens (tertiary/aromatic N) is 2. The zero-order chi connectivity index (χ0) is 27.1. The molecule has 3 fully saturated rings. The van der Waals surface area contributed by atoms with Crippen molar-refractivity contribution in [1.29, 1.82) is 0 Å². The molecule has 0 saturated carbocycles. The Morgan fingerprint density at radius 1 is 1.28 bits per heavy atom. The number of rotatable bonds is 11. The highest BCUT2D eigenvalue weighted by Gasteiger charge is 2.76. The van der Waals surface area contributed by atoms with Gasteiger partial charge in [-0.2, -0.15) is 0 Å². The lowest BCUT2D eigenvalue weighted by molar-refractivity contribution is -0.153. The maximum Gasteiger partial charge on any atom is 0.311 e. The standard InChI is InChI=1S/C27H41BrN2O5S/c1-8-11-30(26(6,7)16-25(3,4)5)23(33)21-27-15-17(28)20(36-27)18(24(34)35-14-9-2)19(27)22(32)29(21)12-10-13-31/h8-9,17-21,31H,1-2,10-16H2,3-7H3/t17?,18-,19-,20-,21?,27?/m0/s1. The fourth-order valence-electron chi connectivity index (χ4n) is 6.70. The summed E-state index contributed by atoms with van der Waals surface area (Å²) in [5.74, 6) is -1.99. The van der Waals surface area contributed by atoms with E-state index in [9.17, 15) is 19.5 Å². The molecule has 2 amide bonds. The van der Waals surface area contributed by atoms with Crippen molar-refractivity contribution in [2.24, 2.45) is 17.3 Å². The van der Waals surface area contributed by atoms with Gasteiger partial charge in [-0.05, 0) is 38.5 Å². The second kappa shape index (κ2) is 10.8. The van der Waals surface area contributed by atoms with E-state index in [1.54, 1.807) is 22.7 Å². The van der Waals surface area contributed by atoms with Gasteiger partial charge in [0.25, 0.3) is 0 Å². The molecule has 0 aromatic carbocycles. The highest BCUT2D eigenvalue weighted by atomic mass is 79.9. The van der Waals surface area contributed by atoms with Crippen LogP contribution in [-0.4, -0.2) is 85.4 Å². The number of carbonyl (C=O) groups is 3. The van der Waals surface area contributed by atoms with E-state index in [1.807, 2.05) is 4.90 Å². The number of amides is 2. The van der Waals surface area contributed by atoms with E-state index in [0.29, 0.717) is 19.4 Å². The molecule has 3 saturated heterocycles. The van der Waals surface area contributed by atoms with E-state index in [-0.39, 0.29) is 47.1 Å². The van der Waals surface area contributed by atoms with Crippen molar-refractivity contribution in [1.82, 2.24) is 9.80 Å². The molecule has 3 heterocycles. The molecule has 3 aliphatic heterocycles. The lowest BCUT2D eigenvalue weighted by atomic mass is 9.70. The molecular formula is C27H41BrN2O5S. The van der Waals surface area contributed by atoms with Crippen molar-refractivity contribution >= 4 is 45.5 Å². The average Bonchev–Trinajstić information content (AvgIpc) is 3.35. The van der Waals surface area contributed by atoms with Crippen LogP contribution in [0.3, 0.4) is 0 Å². The van der Waals surface area contributed by atoms with Crippen LogP contribution in [0.15, 0.2) is 25.3 Å². The van der Waals surface area contributed by atoms with Gasteiger partial charge in [0, 0.05) is 35.3 Å². The summed E-state index contributed by atoms with van der Waals surface area (Å²) >= 11 is 5.35. The molecule has 0 radical (unpaired) electrons. The van der Waals surface area contributed by atoms with Crippen LogP contribution >= 0.6 is 27.7 Å². The van der Waals surface area contributed by atoms with E-state index < -0.39 is 34.1 Å². The number of thioether (sulfide) groups is 1. The van der Waals surface area contributed by atoms with Gasteiger partial charge in [0.05, 0.1) is 16.6 Å². The molecule has 3 rings (SSSR count). The first-order chi connectivity index (χ1) is 16.8. The summed E-state index contributed by atoms with van der Waals surface area (Å²) in [6.07, 6.45) is 4.98. The molecular weight excluding hydrogens is 544 g/mol. The zero-order valence-electron chi connectivity index (χ0n) is 22.2. The SMILES string of the molecule is C=CCOC(=O)[C@H]1[C@H]2C(=O)N(CCCO)C(C(=O)N(CC=C)C(C)(C)CC(C)(C)C)C23CC(Br)[C@@H]1S3. The maximum atomic E-state index is 14.5. The second-order valence-electron chi connectivity index (χ2n) is 12.0. The number of aliphatic hydroxyl groups is 1. The van der Waals surface area contributed by atoms with Gasteiger partial charge in [-0.25, -0.2) is 0 Å². The Hall–Kier alpha value is -1.32. The minimum absolute atomic E-state index is 0.0173. The number of hydrogen-bond acceptors (Lipinski definition) is 6. The number of esters is 1. The smallest absolute Gasteiger partial charge is 0.311 e. The van der Waals surface area contributed by atoms with Crippen molar-refractivity contribution in [2.75, 3.05) is 26.3 Å². The molecule has 0 aliphatic carbocycles. The number of alkyl halides is 1. The van der Waals surface area contributed by atoms with Gasteiger partial charge >= 0.3 is 5.97 Å². The molecule has 9 heteroatoms. The highest BCUT2D eigenvalue weighted by molar-refractivity contribution is 9.09. The van der Waals surface area contributed by atoms with Crippen LogP contribution in [0.5, 0.6) is 0 Å². The van der Waals surface area contributed by atoms with Crippen LogP contribution in [0.4, 0.5) is 0 Å². The van der Waals surface area contributed by atoms with Crippen molar-refractivity contribution < 1.29 is 24.2 Å². The first-order valence-electron chi connectivity index (χ1n) is 12.7. The van der Waals surface area contributed by atoms with Crippen LogP contribution in [0.25, 0.3) is 0 Å². The average molecular weight is 586 g/mol. The Kier molecular flexibility index (Phi) is 8.78. The maximum absolute atomic E-state index is 14.5. The van der Waals surface area contributed by atoms with Crippen molar-refractivity contribution in [2.45, 2.75) is 80.3 Å². The summed E-state index contributed by atoms with van der Waals surface area (Å²) in [4.78, 5) is 45.1. The number of aliphatic hydroxyl groups excluding tert-OH is 1. The molecule has 1 spiro atoms. The summed E-state index contributed by atoms with van der Waals surface area (Å²) in [6.45, 7) is 18.7. The number of ether oxygens (including phenoxy) is 1. The van der Waals surface area contributed by atoms with Crippen molar-refractivity contribution in [3.63, 3.8) is 0 Å². The Morgan fingerprint density at radius 2 is 1.94 bits per heavy atom. The van der Waals surface area contributed by atoms with Gasteiger partial charge in [0.1, 0.15) is 12.6 Å². The largest absolute Gasteiger partial charge is 0.461 e. The van der Waals surface area contributed by atoms with E-state index in [4.69, 9.17) is 4.74 Å². The van der Waals surface area contributed by atoms with Gasteiger partial charge in [-0.1, -0.05) is 55.4 Å². The number of halogens is 1. The van der Waals surface area contributed by atoms with Crippen LogP contribution in [0.2, 0.25) is 0 Å². The summed E-state index contributed by atoms with van der Waals surface area (Å²) in [6, 6.07) is -0.729. The lowest BCUT2D eigenvalue weighted by Crippen LogP contribution is -2.60. The monoisotopic (exact) mass is 584 g/mol. The third-order valence-corrected chi connectivity index (χ3v) is 10.7. The molecule has 2 bridgehead atoms. The number of likely N-dealkylation sites (tertiary alicyclic amines) is 1. The van der Waals surface area contributed by atoms with Gasteiger partial charge in [-0.3, -0.25) is 14.4 Å². The molecule has 7 nitrogen and oxygen atoms in total. The lowest BCUT2D eigenvalue weighted by Gasteiger charge is -2.46. The molecule has 1 N–H and O–H groups in total. The van der Waals surface area contributed by atoms with Gasteiger partial charge in [0.2, 0.25) is 11.8 Å². The number of hydrogen-bond donors (Lipinski definition) is 1. The number of carbonyl (C=O) groups excluding carboxylic acids is 3. The summed E-state index contributed by atoms with van der Waals surface area (Å²) < 4.78 is 4.69. The molecule has 36 heavy (non-hydrogen) atoms. The molecule has 0 aromatic heterocycles. The Labute approximate surface area is 228 Å². The quantitative estimate of drug-likeness (QED) is 0.226. The van der Waals surface area contributed by atoms with E-state index >= 15 is 0 Å². The summed E-state index contributed by atoms with van der Waals surface area (Å²) in [5.41, 5.74) is -0.505. The Bertz CT molecular complexity index is 903. The molecule has 3 unspecified atom stereocenters. The molecule has 3 aliphatic rings. The van der Waals surface area contributed by atoms with Gasteiger partial charge in [-0.15, -0.1) is 18.3 Å². The first-order valence-corrected chi connectivity index (χ1v) is 14.5. The van der Waals surface area contributed by atoms with Crippen LogP contribution in [0, 0.1) is 17.3 Å². The Morgan fingerprint density at radius 3 is 2.50 bits per heavy atom. The Balaban J connectivity index is 2.07. The molecule has 202 valence electrons. The summed E-state index contributed by atoms with van der Waals surface area (Å²) in [7, 11) is 0. The predicted octanol–water partition coefficient (Wildman–Crippen LogP) is 3.79. The van der Waals surface area contributed by atoms with Crippen LogP contribution in [0.1, 0.15) is 53.9 Å². The third kappa shape index (κ3) is 5.17. The molecule has 6 atom stereocenters. The van der Waals surface area contributed by atoms with Gasteiger partial charge < -0.3 is 19.6 Å². The first kappa shape index (κ1) is 29.2.